The van der Waals surface area contributed by atoms with Crippen LogP contribution in [-0.2, 0) is 17.9 Å². The number of nitrogens with zero attached hydrogens (tertiary/aromatic N) is 1. The molecule has 0 aliphatic heterocycles. The van der Waals surface area contributed by atoms with Crippen LogP contribution in [0.25, 0.3) is 6.08 Å². The predicted molar refractivity (Wildman–Crippen MR) is 117 cm³/mol. The average molecular weight is 516 g/mol. The first-order chi connectivity index (χ1) is 14.0. The fourth-order valence-corrected chi connectivity index (χ4v) is 3.23. The minimum atomic E-state index is -0.462. The molecule has 0 aliphatic carbocycles. The van der Waals surface area contributed by atoms with Gasteiger partial charge in [-0.2, -0.15) is 5.26 Å². The lowest BCUT2D eigenvalue weighted by atomic mass is 10.1. The third-order valence-corrected chi connectivity index (χ3v) is 5.09. The van der Waals surface area contributed by atoms with Gasteiger partial charge in [0.2, 0.25) is 0 Å². The molecule has 0 saturated heterocycles. The molecule has 0 aliphatic rings. The zero-order chi connectivity index (χ0) is 20.6. The number of halogens is 2. The number of carbonyl (C=O) groups is 1. The number of amides is 1. The highest BCUT2D eigenvalue weighted by molar-refractivity contribution is 9.10. The summed E-state index contributed by atoms with van der Waals surface area (Å²) in [5.74, 6) is 0.826. The number of nitrogens with one attached hydrogen (secondary N) is 1. The number of benzene rings is 2. The van der Waals surface area contributed by atoms with Gasteiger partial charge in [0, 0.05) is 4.47 Å². The zero-order valence-corrected chi connectivity index (χ0v) is 18.4. The third-order valence-electron chi connectivity index (χ3n) is 3.94. The van der Waals surface area contributed by atoms with Crippen molar-refractivity contribution in [3.05, 3.63) is 92.3 Å². The van der Waals surface area contributed by atoms with E-state index in [9.17, 15) is 10.1 Å². The van der Waals surface area contributed by atoms with Crippen molar-refractivity contribution < 1.29 is 13.9 Å². The van der Waals surface area contributed by atoms with Gasteiger partial charge in [0.25, 0.3) is 5.91 Å². The molecule has 0 saturated carbocycles. The normalized spacial score (nSPS) is 11.0. The SMILES string of the molecule is N#C/C(=C\c1ccc(OCc2ccc(Br)cc2)c(Br)c1)C(=O)NCc1ccco1. The molecule has 1 amide bonds. The van der Waals surface area contributed by atoms with Gasteiger partial charge in [-0.1, -0.05) is 34.1 Å². The standard InChI is InChI=1S/C22H16Br2N2O3/c23-18-6-3-15(4-7-18)14-29-21-8-5-16(11-20(21)24)10-17(12-25)22(27)26-13-19-2-1-9-28-19/h1-11H,13-14H2,(H,26,27)/b17-10+. The summed E-state index contributed by atoms with van der Waals surface area (Å²) in [5.41, 5.74) is 1.76. The van der Waals surface area contributed by atoms with E-state index in [0.717, 1.165) is 14.5 Å². The molecule has 146 valence electrons. The molecular formula is C22H16Br2N2O3. The zero-order valence-electron chi connectivity index (χ0n) is 15.2. The molecule has 0 spiro atoms. The van der Waals surface area contributed by atoms with E-state index in [1.165, 1.54) is 12.3 Å². The second-order valence-electron chi connectivity index (χ2n) is 6.04. The van der Waals surface area contributed by atoms with E-state index in [0.29, 0.717) is 23.7 Å². The summed E-state index contributed by atoms with van der Waals surface area (Å²) in [6, 6.07) is 18.7. The van der Waals surface area contributed by atoms with Gasteiger partial charge in [-0.05, 0) is 69.5 Å². The van der Waals surface area contributed by atoms with Crippen LogP contribution in [0.1, 0.15) is 16.9 Å². The highest BCUT2D eigenvalue weighted by Crippen LogP contribution is 2.28. The molecule has 1 N–H and O–H groups in total. The minimum Gasteiger partial charge on any atom is -0.488 e. The maximum absolute atomic E-state index is 12.2. The molecule has 5 nitrogen and oxygen atoms in total. The summed E-state index contributed by atoms with van der Waals surface area (Å²) in [6.07, 6.45) is 3.06. The van der Waals surface area contributed by atoms with E-state index >= 15 is 0 Å². The molecule has 0 radical (unpaired) electrons. The third kappa shape index (κ3) is 6.08. The van der Waals surface area contributed by atoms with Crippen LogP contribution in [0, 0.1) is 11.3 Å². The van der Waals surface area contributed by atoms with Gasteiger partial charge < -0.3 is 14.5 Å². The van der Waals surface area contributed by atoms with E-state index in [1.54, 1.807) is 30.3 Å². The molecule has 0 bridgehead atoms. The Bertz CT molecular complexity index is 1050. The van der Waals surface area contributed by atoms with Crippen LogP contribution in [0.2, 0.25) is 0 Å². The van der Waals surface area contributed by atoms with Gasteiger partial charge >= 0.3 is 0 Å². The van der Waals surface area contributed by atoms with Crippen LogP contribution in [0.3, 0.4) is 0 Å². The van der Waals surface area contributed by atoms with Crippen LogP contribution < -0.4 is 10.1 Å². The van der Waals surface area contributed by atoms with Gasteiger partial charge in [-0.15, -0.1) is 0 Å². The Morgan fingerprint density at radius 1 is 1.17 bits per heavy atom. The Morgan fingerprint density at radius 2 is 1.97 bits per heavy atom. The maximum Gasteiger partial charge on any atom is 0.262 e. The fourth-order valence-electron chi connectivity index (χ4n) is 2.46. The number of carbonyl (C=O) groups excluding carboxylic acids is 1. The van der Waals surface area contributed by atoms with Crippen molar-refractivity contribution in [3.63, 3.8) is 0 Å². The Balaban J connectivity index is 1.64. The number of furan rings is 1. The van der Waals surface area contributed by atoms with Gasteiger partial charge in [-0.3, -0.25) is 4.79 Å². The summed E-state index contributed by atoms with van der Waals surface area (Å²) in [6.45, 7) is 0.650. The smallest absolute Gasteiger partial charge is 0.262 e. The minimum absolute atomic E-state index is 0.00647. The monoisotopic (exact) mass is 514 g/mol. The van der Waals surface area contributed by atoms with Gasteiger partial charge in [0.1, 0.15) is 29.8 Å². The van der Waals surface area contributed by atoms with Crippen molar-refractivity contribution in [2.24, 2.45) is 0 Å². The van der Waals surface area contributed by atoms with Crippen molar-refractivity contribution in [2.45, 2.75) is 13.2 Å². The van der Waals surface area contributed by atoms with Crippen LogP contribution >= 0.6 is 31.9 Å². The number of ether oxygens (including phenoxy) is 1. The van der Waals surface area contributed by atoms with Crippen LogP contribution in [0.5, 0.6) is 5.75 Å². The molecule has 7 heteroatoms. The fraction of sp³-hybridized carbons (Fsp3) is 0.0909. The molecular weight excluding hydrogens is 500 g/mol. The molecule has 1 aromatic heterocycles. The Labute approximate surface area is 185 Å². The lowest BCUT2D eigenvalue weighted by Crippen LogP contribution is -2.23. The summed E-state index contributed by atoms with van der Waals surface area (Å²) < 4.78 is 12.8. The number of rotatable bonds is 7. The summed E-state index contributed by atoms with van der Waals surface area (Å²) in [5, 5.41) is 12.0. The van der Waals surface area contributed by atoms with Crippen molar-refractivity contribution in [1.82, 2.24) is 5.32 Å². The largest absolute Gasteiger partial charge is 0.488 e. The van der Waals surface area contributed by atoms with E-state index in [4.69, 9.17) is 9.15 Å². The van der Waals surface area contributed by atoms with Crippen LogP contribution in [0.4, 0.5) is 0 Å². The van der Waals surface area contributed by atoms with E-state index in [1.807, 2.05) is 30.3 Å². The second kappa shape index (κ2) is 10.1. The van der Waals surface area contributed by atoms with Gasteiger partial charge in [-0.25, -0.2) is 0 Å². The first-order valence-corrected chi connectivity index (χ1v) is 10.2. The molecule has 3 rings (SSSR count). The predicted octanol–water partition coefficient (Wildman–Crippen LogP) is 5.61. The Hall–Kier alpha value is -2.82. The van der Waals surface area contributed by atoms with E-state index in [2.05, 4.69) is 37.2 Å². The summed E-state index contributed by atoms with van der Waals surface area (Å²) >= 11 is 6.89. The molecule has 1 heterocycles. The first-order valence-electron chi connectivity index (χ1n) is 8.64. The van der Waals surface area contributed by atoms with Crippen molar-refractivity contribution in [3.8, 4) is 11.8 Å². The lowest BCUT2D eigenvalue weighted by Gasteiger charge is -2.09. The summed E-state index contributed by atoms with van der Waals surface area (Å²) in [7, 11) is 0. The molecule has 29 heavy (non-hydrogen) atoms. The maximum atomic E-state index is 12.2. The Morgan fingerprint density at radius 3 is 2.62 bits per heavy atom. The number of hydrogen-bond donors (Lipinski definition) is 1. The molecule has 0 atom stereocenters. The molecule has 3 aromatic rings. The quantitative estimate of drug-likeness (QED) is 0.328. The van der Waals surface area contributed by atoms with Gasteiger partial charge in [0.15, 0.2) is 0 Å². The van der Waals surface area contributed by atoms with Crippen molar-refractivity contribution in [2.75, 3.05) is 0 Å². The van der Waals surface area contributed by atoms with E-state index < -0.39 is 5.91 Å². The second-order valence-corrected chi connectivity index (χ2v) is 7.81. The summed E-state index contributed by atoms with van der Waals surface area (Å²) in [4.78, 5) is 12.2. The van der Waals surface area contributed by atoms with Crippen molar-refractivity contribution >= 4 is 43.8 Å². The lowest BCUT2D eigenvalue weighted by molar-refractivity contribution is -0.117. The van der Waals surface area contributed by atoms with Gasteiger partial charge in [0.05, 0.1) is 17.3 Å². The van der Waals surface area contributed by atoms with Crippen molar-refractivity contribution in [1.29, 1.82) is 5.26 Å². The Kier molecular flexibility index (Phi) is 7.28. The number of nitriles is 1. The molecule has 0 unspecified atom stereocenters. The highest BCUT2D eigenvalue weighted by atomic mass is 79.9. The first kappa shape index (κ1) is 20.9. The molecule has 2 aromatic carbocycles. The van der Waals surface area contributed by atoms with Crippen LogP contribution in [0.15, 0.2) is 79.8 Å². The topological polar surface area (TPSA) is 75.3 Å². The number of hydrogen-bond acceptors (Lipinski definition) is 4. The molecule has 0 fully saturated rings. The highest BCUT2D eigenvalue weighted by Gasteiger charge is 2.10. The van der Waals surface area contributed by atoms with E-state index in [-0.39, 0.29) is 12.1 Å². The average Bonchev–Trinajstić information content (AvgIpc) is 3.24. The van der Waals surface area contributed by atoms with Crippen LogP contribution in [-0.4, -0.2) is 5.91 Å².